The first-order valence-electron chi connectivity index (χ1n) is 9.96. The molecule has 0 unspecified atom stereocenters. The van der Waals surface area contributed by atoms with Crippen LogP contribution < -0.4 is 10.3 Å². The van der Waals surface area contributed by atoms with E-state index >= 15 is 0 Å². The summed E-state index contributed by atoms with van der Waals surface area (Å²) in [6.45, 7) is 0.956. The third kappa shape index (κ3) is 3.41. The number of benzene rings is 3. The van der Waals surface area contributed by atoms with Crippen molar-refractivity contribution >= 4 is 22.5 Å². The predicted molar refractivity (Wildman–Crippen MR) is 121 cm³/mol. The molecule has 1 saturated heterocycles. The maximum Gasteiger partial charge on any atom is 0.249 e. The number of aromatic amines is 1. The Morgan fingerprint density at radius 3 is 2.35 bits per heavy atom. The van der Waals surface area contributed by atoms with Gasteiger partial charge in [-0.15, -0.1) is 0 Å². The fourth-order valence-corrected chi connectivity index (χ4v) is 4.26. The SMILES string of the molecule is COc1ccccc1-c1cc(=O)[nH]c2ccc(C3(c4ccc(Cl)cc4)OCCO3)cc12. The number of rotatable bonds is 4. The summed E-state index contributed by atoms with van der Waals surface area (Å²) in [5.41, 5.74) is 3.86. The number of nitrogens with one attached hydrogen (secondary N) is 1. The van der Waals surface area contributed by atoms with Crippen LogP contribution in [0.5, 0.6) is 5.75 Å². The molecule has 5 nitrogen and oxygen atoms in total. The van der Waals surface area contributed by atoms with Crippen molar-refractivity contribution in [2.75, 3.05) is 20.3 Å². The number of fused-ring (bicyclic) bond motifs is 1. The van der Waals surface area contributed by atoms with Crippen LogP contribution in [0.4, 0.5) is 0 Å². The Labute approximate surface area is 184 Å². The molecule has 1 aromatic heterocycles. The molecule has 0 atom stereocenters. The molecule has 0 saturated carbocycles. The number of pyridine rings is 1. The monoisotopic (exact) mass is 433 g/mol. The van der Waals surface area contributed by atoms with Crippen molar-refractivity contribution in [3.05, 3.63) is 99.3 Å². The molecule has 31 heavy (non-hydrogen) atoms. The Morgan fingerprint density at radius 2 is 1.61 bits per heavy atom. The van der Waals surface area contributed by atoms with E-state index in [0.29, 0.717) is 24.0 Å². The molecule has 4 aromatic rings. The summed E-state index contributed by atoms with van der Waals surface area (Å²) in [7, 11) is 1.62. The van der Waals surface area contributed by atoms with E-state index in [9.17, 15) is 4.79 Å². The third-order valence-corrected chi connectivity index (χ3v) is 5.79. The lowest BCUT2D eigenvalue weighted by Gasteiger charge is -2.29. The second-order valence-electron chi connectivity index (χ2n) is 7.33. The molecular weight excluding hydrogens is 414 g/mol. The van der Waals surface area contributed by atoms with Crippen molar-refractivity contribution in [3.8, 4) is 16.9 Å². The average molecular weight is 434 g/mol. The molecule has 156 valence electrons. The summed E-state index contributed by atoms with van der Waals surface area (Å²) >= 11 is 6.09. The van der Waals surface area contributed by atoms with E-state index in [2.05, 4.69) is 4.98 Å². The molecule has 0 spiro atoms. The van der Waals surface area contributed by atoms with Gasteiger partial charge in [0.25, 0.3) is 0 Å². The number of hydrogen-bond acceptors (Lipinski definition) is 4. The van der Waals surface area contributed by atoms with Crippen LogP contribution in [0.1, 0.15) is 11.1 Å². The Balaban J connectivity index is 1.75. The summed E-state index contributed by atoms with van der Waals surface area (Å²) in [6, 6.07) is 22.5. The lowest BCUT2D eigenvalue weighted by atomic mass is 9.93. The molecule has 6 heteroatoms. The molecule has 0 radical (unpaired) electrons. The van der Waals surface area contributed by atoms with Crippen LogP contribution in [0.3, 0.4) is 0 Å². The number of methoxy groups -OCH3 is 1. The van der Waals surface area contributed by atoms with E-state index in [-0.39, 0.29) is 5.56 Å². The summed E-state index contributed by atoms with van der Waals surface area (Å²) in [6.07, 6.45) is 0. The second-order valence-corrected chi connectivity index (χ2v) is 7.76. The minimum absolute atomic E-state index is 0.179. The normalized spacial score (nSPS) is 15.3. The summed E-state index contributed by atoms with van der Waals surface area (Å²) < 4.78 is 17.9. The van der Waals surface area contributed by atoms with Crippen molar-refractivity contribution in [2.45, 2.75) is 5.79 Å². The Bertz CT molecular complexity index is 1310. The maximum absolute atomic E-state index is 12.4. The van der Waals surface area contributed by atoms with Gasteiger partial charge in [0.05, 0.1) is 20.3 Å². The number of hydrogen-bond donors (Lipinski definition) is 1. The quantitative estimate of drug-likeness (QED) is 0.486. The maximum atomic E-state index is 12.4. The Morgan fingerprint density at radius 1 is 0.903 bits per heavy atom. The average Bonchev–Trinajstić information content (AvgIpc) is 3.30. The number of aromatic nitrogens is 1. The molecule has 0 aliphatic carbocycles. The first-order valence-corrected chi connectivity index (χ1v) is 10.3. The fraction of sp³-hybridized carbons (Fsp3) is 0.160. The van der Waals surface area contributed by atoms with Gasteiger partial charge in [-0.2, -0.15) is 0 Å². The van der Waals surface area contributed by atoms with Crippen LogP contribution in [-0.4, -0.2) is 25.3 Å². The van der Waals surface area contributed by atoms with Crippen molar-refractivity contribution < 1.29 is 14.2 Å². The van der Waals surface area contributed by atoms with Crippen molar-refractivity contribution in [2.24, 2.45) is 0 Å². The Kier molecular flexibility index (Phi) is 5.02. The fourth-order valence-electron chi connectivity index (χ4n) is 4.13. The van der Waals surface area contributed by atoms with E-state index in [1.54, 1.807) is 13.2 Å². The molecule has 1 N–H and O–H groups in total. The molecular formula is C25H20ClNO4. The molecule has 3 aromatic carbocycles. The zero-order valence-electron chi connectivity index (χ0n) is 16.9. The third-order valence-electron chi connectivity index (χ3n) is 5.54. The first kappa shape index (κ1) is 19.8. The minimum Gasteiger partial charge on any atom is -0.496 e. The lowest BCUT2D eigenvalue weighted by Crippen LogP contribution is -2.28. The highest BCUT2D eigenvalue weighted by molar-refractivity contribution is 6.30. The smallest absolute Gasteiger partial charge is 0.249 e. The van der Waals surface area contributed by atoms with Crippen LogP contribution in [0.15, 0.2) is 77.6 Å². The second kappa shape index (κ2) is 7.85. The van der Waals surface area contributed by atoms with Gasteiger partial charge in [0, 0.05) is 44.2 Å². The predicted octanol–water partition coefficient (Wildman–Crippen LogP) is 5.11. The zero-order valence-corrected chi connectivity index (χ0v) is 17.6. The number of ether oxygens (including phenoxy) is 3. The molecule has 2 heterocycles. The van der Waals surface area contributed by atoms with Gasteiger partial charge in [0.1, 0.15) is 5.75 Å². The topological polar surface area (TPSA) is 60.6 Å². The zero-order chi connectivity index (χ0) is 21.4. The lowest BCUT2D eigenvalue weighted by molar-refractivity contribution is -0.129. The number of H-pyrrole nitrogens is 1. The van der Waals surface area contributed by atoms with Crippen LogP contribution in [0.2, 0.25) is 5.02 Å². The van der Waals surface area contributed by atoms with E-state index in [1.165, 1.54) is 0 Å². The largest absolute Gasteiger partial charge is 0.496 e. The first-order chi connectivity index (χ1) is 15.1. The van der Waals surface area contributed by atoms with E-state index < -0.39 is 5.79 Å². The number of halogens is 1. The highest BCUT2D eigenvalue weighted by Gasteiger charge is 2.40. The standard InChI is InChI=1S/C25H20ClNO4/c1-29-23-5-3-2-4-19(23)20-15-24(28)27-22-11-8-17(14-21(20)22)25(30-12-13-31-25)16-6-9-18(26)10-7-16/h2-11,14-15H,12-13H2,1H3,(H,27,28). The van der Waals surface area contributed by atoms with Crippen LogP contribution >= 0.6 is 11.6 Å². The molecule has 0 amide bonds. The van der Waals surface area contributed by atoms with Gasteiger partial charge in [-0.25, -0.2) is 0 Å². The van der Waals surface area contributed by atoms with Crippen LogP contribution in [0.25, 0.3) is 22.0 Å². The van der Waals surface area contributed by atoms with Gasteiger partial charge in [-0.3, -0.25) is 4.79 Å². The molecule has 1 aliphatic heterocycles. The number of para-hydroxylation sites is 1. The summed E-state index contributed by atoms with van der Waals surface area (Å²) in [5.74, 6) is -0.340. The van der Waals surface area contributed by atoms with Gasteiger partial charge in [0.15, 0.2) is 0 Å². The van der Waals surface area contributed by atoms with Gasteiger partial charge >= 0.3 is 0 Å². The van der Waals surface area contributed by atoms with Crippen molar-refractivity contribution in [1.29, 1.82) is 0 Å². The molecule has 5 rings (SSSR count). The molecule has 1 aliphatic rings. The van der Waals surface area contributed by atoms with Gasteiger partial charge in [-0.05, 0) is 30.3 Å². The summed E-state index contributed by atoms with van der Waals surface area (Å²) in [4.78, 5) is 15.3. The molecule has 0 bridgehead atoms. The van der Waals surface area contributed by atoms with Crippen molar-refractivity contribution in [3.63, 3.8) is 0 Å². The van der Waals surface area contributed by atoms with Gasteiger partial charge in [0.2, 0.25) is 11.3 Å². The highest BCUT2D eigenvalue weighted by atomic mass is 35.5. The van der Waals surface area contributed by atoms with E-state index in [1.807, 2.05) is 66.7 Å². The van der Waals surface area contributed by atoms with Crippen LogP contribution in [0, 0.1) is 0 Å². The van der Waals surface area contributed by atoms with Gasteiger partial charge < -0.3 is 19.2 Å². The van der Waals surface area contributed by atoms with E-state index in [0.717, 1.165) is 33.2 Å². The highest BCUT2D eigenvalue weighted by Crippen LogP contribution is 2.41. The minimum atomic E-state index is -1.03. The van der Waals surface area contributed by atoms with Crippen LogP contribution in [-0.2, 0) is 15.3 Å². The summed E-state index contributed by atoms with van der Waals surface area (Å²) in [5, 5.41) is 1.51. The molecule has 1 fully saturated rings. The van der Waals surface area contributed by atoms with Gasteiger partial charge in [-0.1, -0.05) is 48.0 Å². The van der Waals surface area contributed by atoms with Crippen molar-refractivity contribution in [1.82, 2.24) is 4.98 Å². The Hall–Kier alpha value is -3.12. The van der Waals surface area contributed by atoms with E-state index in [4.69, 9.17) is 25.8 Å².